The lowest BCUT2D eigenvalue weighted by Crippen LogP contribution is -2.60. The molecule has 0 radical (unpaired) electrons. The molecule has 1 aromatic rings. The summed E-state index contributed by atoms with van der Waals surface area (Å²) in [5.74, 6) is 0.872. The van der Waals surface area contributed by atoms with Crippen molar-refractivity contribution < 1.29 is 39.4 Å². The van der Waals surface area contributed by atoms with E-state index in [2.05, 4.69) is 13.8 Å². The van der Waals surface area contributed by atoms with E-state index in [4.69, 9.17) is 14.2 Å². The second-order valence-corrected chi connectivity index (χ2v) is 8.57. The molecule has 2 rings (SSSR count). The fourth-order valence-electron chi connectivity index (χ4n) is 3.46. The summed E-state index contributed by atoms with van der Waals surface area (Å²) in [5.41, 5.74) is 1.52. The third-order valence-electron chi connectivity index (χ3n) is 5.39. The second kappa shape index (κ2) is 12.4. The number of rotatable bonds is 11. The third kappa shape index (κ3) is 7.73. The SMILES string of the molecule is Cc1cc(COC(=O)CCCCCC(C)C)ccc1OC1OC(CO)C(O)C(O)C1O. The highest BCUT2D eigenvalue weighted by molar-refractivity contribution is 5.69. The number of hydrogen-bond acceptors (Lipinski definition) is 8. The largest absolute Gasteiger partial charge is 0.462 e. The first-order chi connectivity index (χ1) is 14.7. The average molecular weight is 441 g/mol. The summed E-state index contributed by atoms with van der Waals surface area (Å²) in [6.07, 6.45) is -2.12. The number of hydrogen-bond donors (Lipinski definition) is 4. The predicted octanol–water partition coefficient (Wildman–Crippen LogP) is 1.82. The quantitative estimate of drug-likeness (QED) is 0.303. The van der Waals surface area contributed by atoms with Gasteiger partial charge in [0.1, 0.15) is 36.8 Å². The number of carbonyl (C=O) groups excluding carboxylic acids is 1. The predicted molar refractivity (Wildman–Crippen MR) is 113 cm³/mol. The summed E-state index contributed by atoms with van der Waals surface area (Å²) in [4.78, 5) is 11.9. The number of ether oxygens (including phenoxy) is 3. The molecule has 0 aliphatic carbocycles. The van der Waals surface area contributed by atoms with E-state index in [0.717, 1.165) is 30.4 Å². The lowest BCUT2D eigenvalue weighted by Gasteiger charge is -2.39. The Morgan fingerprint density at radius 2 is 1.84 bits per heavy atom. The Hall–Kier alpha value is -1.71. The Morgan fingerprint density at radius 3 is 2.48 bits per heavy atom. The van der Waals surface area contributed by atoms with Gasteiger partial charge >= 0.3 is 5.97 Å². The van der Waals surface area contributed by atoms with Crippen LogP contribution < -0.4 is 4.74 Å². The van der Waals surface area contributed by atoms with E-state index in [9.17, 15) is 25.2 Å². The molecular weight excluding hydrogens is 404 g/mol. The smallest absolute Gasteiger partial charge is 0.306 e. The van der Waals surface area contributed by atoms with E-state index in [-0.39, 0.29) is 12.6 Å². The van der Waals surface area contributed by atoms with Gasteiger partial charge in [-0.2, -0.15) is 0 Å². The molecule has 8 nitrogen and oxygen atoms in total. The summed E-state index contributed by atoms with van der Waals surface area (Å²) in [6.45, 7) is 5.81. The van der Waals surface area contributed by atoms with Gasteiger partial charge in [-0.1, -0.05) is 39.2 Å². The van der Waals surface area contributed by atoms with Crippen molar-refractivity contribution >= 4 is 5.97 Å². The van der Waals surface area contributed by atoms with Crippen LogP contribution in [0.15, 0.2) is 18.2 Å². The molecule has 1 saturated heterocycles. The number of aryl methyl sites for hydroxylation is 1. The molecule has 1 aliphatic heterocycles. The first kappa shape index (κ1) is 25.5. The van der Waals surface area contributed by atoms with Crippen LogP contribution in [0.1, 0.15) is 57.1 Å². The summed E-state index contributed by atoms with van der Waals surface area (Å²) < 4.78 is 16.4. The molecular formula is C23H36O8. The number of benzene rings is 1. The summed E-state index contributed by atoms with van der Waals surface area (Å²) >= 11 is 0. The number of aliphatic hydroxyl groups is 4. The van der Waals surface area contributed by atoms with Crippen LogP contribution in [0.5, 0.6) is 5.75 Å². The van der Waals surface area contributed by atoms with Gasteiger partial charge < -0.3 is 34.6 Å². The van der Waals surface area contributed by atoms with Crippen molar-refractivity contribution in [3.8, 4) is 5.75 Å². The molecule has 1 aliphatic rings. The van der Waals surface area contributed by atoms with Crippen LogP contribution in [-0.4, -0.2) is 63.7 Å². The van der Waals surface area contributed by atoms with Gasteiger partial charge in [-0.15, -0.1) is 0 Å². The minimum atomic E-state index is -1.50. The maximum absolute atomic E-state index is 11.9. The minimum Gasteiger partial charge on any atom is -0.462 e. The van der Waals surface area contributed by atoms with Crippen LogP contribution in [0.4, 0.5) is 0 Å². The highest BCUT2D eigenvalue weighted by atomic mass is 16.7. The van der Waals surface area contributed by atoms with Gasteiger partial charge in [-0.25, -0.2) is 0 Å². The normalized spacial score (nSPS) is 26.1. The van der Waals surface area contributed by atoms with E-state index in [1.807, 2.05) is 0 Å². The zero-order chi connectivity index (χ0) is 23.0. The van der Waals surface area contributed by atoms with Crippen LogP contribution in [-0.2, 0) is 20.9 Å². The van der Waals surface area contributed by atoms with Crippen LogP contribution >= 0.6 is 0 Å². The van der Waals surface area contributed by atoms with Gasteiger partial charge in [0, 0.05) is 6.42 Å². The molecule has 0 amide bonds. The molecule has 31 heavy (non-hydrogen) atoms. The van der Waals surface area contributed by atoms with Crippen molar-refractivity contribution in [2.75, 3.05) is 6.61 Å². The first-order valence-corrected chi connectivity index (χ1v) is 10.9. The van der Waals surface area contributed by atoms with Crippen molar-refractivity contribution in [3.05, 3.63) is 29.3 Å². The van der Waals surface area contributed by atoms with Crippen LogP contribution in [0.3, 0.4) is 0 Å². The molecule has 0 bridgehead atoms. The monoisotopic (exact) mass is 440 g/mol. The Bertz CT molecular complexity index is 690. The molecule has 0 saturated carbocycles. The second-order valence-electron chi connectivity index (χ2n) is 8.57. The maximum atomic E-state index is 11.9. The Labute approximate surface area is 183 Å². The highest BCUT2D eigenvalue weighted by Crippen LogP contribution is 2.27. The Kier molecular flexibility index (Phi) is 10.2. The van der Waals surface area contributed by atoms with Crippen molar-refractivity contribution in [1.29, 1.82) is 0 Å². The van der Waals surface area contributed by atoms with E-state index < -0.39 is 37.3 Å². The topological polar surface area (TPSA) is 126 Å². The fraction of sp³-hybridized carbons (Fsp3) is 0.696. The van der Waals surface area contributed by atoms with Gasteiger partial charge in [-0.05, 0) is 42.5 Å². The highest BCUT2D eigenvalue weighted by Gasteiger charge is 2.44. The van der Waals surface area contributed by atoms with Crippen LogP contribution in [0, 0.1) is 12.8 Å². The van der Waals surface area contributed by atoms with Crippen molar-refractivity contribution in [2.24, 2.45) is 5.92 Å². The zero-order valence-corrected chi connectivity index (χ0v) is 18.6. The summed E-state index contributed by atoms with van der Waals surface area (Å²) in [6, 6.07) is 5.20. The minimum absolute atomic E-state index is 0.159. The van der Waals surface area contributed by atoms with Gasteiger partial charge in [0.15, 0.2) is 0 Å². The van der Waals surface area contributed by atoms with E-state index >= 15 is 0 Å². The van der Waals surface area contributed by atoms with Gasteiger partial charge in [0.25, 0.3) is 0 Å². The first-order valence-electron chi connectivity index (χ1n) is 10.9. The van der Waals surface area contributed by atoms with Gasteiger partial charge in [0.05, 0.1) is 6.61 Å². The average Bonchev–Trinajstić information content (AvgIpc) is 2.73. The van der Waals surface area contributed by atoms with Crippen molar-refractivity contribution in [2.45, 2.75) is 90.2 Å². The molecule has 176 valence electrons. The van der Waals surface area contributed by atoms with Crippen molar-refractivity contribution in [3.63, 3.8) is 0 Å². The van der Waals surface area contributed by atoms with Gasteiger partial charge in [0.2, 0.25) is 6.29 Å². The van der Waals surface area contributed by atoms with Crippen molar-refractivity contribution in [1.82, 2.24) is 0 Å². The molecule has 1 heterocycles. The molecule has 1 fully saturated rings. The molecule has 0 aromatic heterocycles. The van der Waals surface area contributed by atoms with Gasteiger partial charge in [-0.3, -0.25) is 4.79 Å². The number of esters is 1. The van der Waals surface area contributed by atoms with Crippen LogP contribution in [0.2, 0.25) is 0 Å². The van der Waals surface area contributed by atoms with Crippen LogP contribution in [0.25, 0.3) is 0 Å². The molecule has 5 unspecified atom stereocenters. The van der Waals surface area contributed by atoms with E-state index in [1.165, 1.54) is 6.42 Å². The Balaban J connectivity index is 1.83. The lowest BCUT2D eigenvalue weighted by molar-refractivity contribution is -0.277. The Morgan fingerprint density at radius 1 is 1.10 bits per heavy atom. The standard InChI is InChI=1S/C23H36O8/c1-14(2)7-5-4-6-8-19(25)29-13-16-9-10-17(15(3)11-16)30-23-22(28)21(27)20(26)18(12-24)31-23/h9-11,14,18,20-24,26-28H,4-8,12-13H2,1-3H3. The lowest BCUT2D eigenvalue weighted by atomic mass is 9.99. The maximum Gasteiger partial charge on any atom is 0.306 e. The molecule has 0 spiro atoms. The summed E-state index contributed by atoms with van der Waals surface area (Å²) in [7, 11) is 0. The van der Waals surface area contributed by atoms with E-state index in [0.29, 0.717) is 18.1 Å². The summed E-state index contributed by atoms with van der Waals surface area (Å²) in [5, 5.41) is 39.1. The third-order valence-corrected chi connectivity index (χ3v) is 5.39. The number of unbranched alkanes of at least 4 members (excludes halogenated alkanes) is 2. The zero-order valence-electron chi connectivity index (χ0n) is 18.6. The molecule has 4 N–H and O–H groups in total. The number of carbonyl (C=O) groups is 1. The molecule has 5 atom stereocenters. The molecule has 8 heteroatoms. The molecule has 1 aromatic carbocycles. The fourth-order valence-corrected chi connectivity index (χ4v) is 3.46. The number of aliphatic hydroxyl groups excluding tert-OH is 4. The van der Waals surface area contributed by atoms with E-state index in [1.54, 1.807) is 25.1 Å².